The predicted molar refractivity (Wildman–Crippen MR) is 80.7 cm³/mol. The highest BCUT2D eigenvalue weighted by atomic mass is 35.5. The van der Waals surface area contributed by atoms with Crippen molar-refractivity contribution in [3.05, 3.63) is 41.3 Å². The number of benzene rings is 1. The highest BCUT2D eigenvalue weighted by molar-refractivity contribution is 6.31. The molecule has 0 unspecified atom stereocenters. The van der Waals surface area contributed by atoms with Crippen molar-refractivity contribution in [3.63, 3.8) is 0 Å². The van der Waals surface area contributed by atoms with Gasteiger partial charge in [0, 0.05) is 12.6 Å². The minimum Gasteiger partial charge on any atom is -0.452 e. The molecule has 4 nitrogen and oxygen atoms in total. The van der Waals surface area contributed by atoms with E-state index in [0.717, 1.165) is 28.0 Å². The lowest BCUT2D eigenvalue weighted by atomic mass is 10.2. The molecule has 0 bridgehead atoms. The van der Waals surface area contributed by atoms with E-state index < -0.39 is 0 Å². The fraction of sp³-hybridized carbons (Fsp3) is 0.267. The Hall–Kier alpha value is -1.78. The largest absolute Gasteiger partial charge is 0.452 e. The van der Waals surface area contributed by atoms with E-state index in [0.29, 0.717) is 11.8 Å². The summed E-state index contributed by atoms with van der Waals surface area (Å²) in [7, 11) is 0. The maximum atomic E-state index is 6.10. The summed E-state index contributed by atoms with van der Waals surface area (Å²) < 4.78 is 7.35. The van der Waals surface area contributed by atoms with Gasteiger partial charge in [0.05, 0.1) is 22.9 Å². The van der Waals surface area contributed by atoms with Crippen molar-refractivity contribution in [2.24, 2.45) is 5.73 Å². The van der Waals surface area contributed by atoms with Crippen LogP contribution in [0.15, 0.2) is 34.9 Å². The van der Waals surface area contributed by atoms with E-state index in [4.69, 9.17) is 26.7 Å². The van der Waals surface area contributed by atoms with E-state index in [1.54, 1.807) is 6.26 Å². The van der Waals surface area contributed by atoms with Gasteiger partial charge in [-0.3, -0.25) is 0 Å². The van der Waals surface area contributed by atoms with Gasteiger partial charge in [-0.15, -0.1) is 0 Å². The van der Waals surface area contributed by atoms with Gasteiger partial charge in [0.1, 0.15) is 5.82 Å². The van der Waals surface area contributed by atoms with Gasteiger partial charge in [0.25, 0.3) is 0 Å². The van der Waals surface area contributed by atoms with Gasteiger partial charge in [-0.05, 0) is 49.2 Å². The molecule has 2 aromatic heterocycles. The fourth-order valence-electron chi connectivity index (χ4n) is 2.44. The highest BCUT2D eigenvalue weighted by Crippen LogP contribution is 2.33. The number of imidazole rings is 1. The number of nitrogens with two attached hydrogens (primary N) is 1. The quantitative estimate of drug-likeness (QED) is 0.793. The predicted octanol–water partition coefficient (Wildman–Crippen LogP) is 3.99. The Morgan fingerprint density at radius 2 is 2.15 bits per heavy atom. The summed E-state index contributed by atoms with van der Waals surface area (Å²) in [5.41, 5.74) is 9.57. The summed E-state index contributed by atoms with van der Waals surface area (Å²) in [5, 5.41) is 0.362. The third-order valence-corrected chi connectivity index (χ3v) is 3.66. The first-order chi connectivity index (χ1) is 9.61. The molecular formula is C15H16ClN3O. The number of rotatable bonds is 3. The van der Waals surface area contributed by atoms with E-state index in [2.05, 4.69) is 24.5 Å². The zero-order valence-corrected chi connectivity index (χ0v) is 12.2. The number of hydrogen-bond acceptors (Lipinski definition) is 3. The molecule has 20 heavy (non-hydrogen) atoms. The first kappa shape index (κ1) is 13.2. The topological polar surface area (TPSA) is 57.0 Å². The van der Waals surface area contributed by atoms with Crippen molar-refractivity contribution in [2.45, 2.75) is 26.4 Å². The molecule has 0 atom stereocenters. The lowest BCUT2D eigenvalue weighted by Gasteiger charge is -2.12. The highest BCUT2D eigenvalue weighted by Gasteiger charge is 2.18. The molecule has 0 aliphatic heterocycles. The number of fused-ring (bicyclic) bond motifs is 1. The Morgan fingerprint density at radius 1 is 1.35 bits per heavy atom. The van der Waals surface area contributed by atoms with Crippen LogP contribution < -0.4 is 5.73 Å². The molecule has 2 N–H and O–H groups in total. The van der Waals surface area contributed by atoms with E-state index >= 15 is 0 Å². The SMILES string of the molecule is CC(C)n1c(-c2ccoc2Cl)nc2cc(CN)ccc21. The average molecular weight is 290 g/mol. The zero-order valence-electron chi connectivity index (χ0n) is 11.4. The molecule has 0 saturated heterocycles. The maximum Gasteiger partial charge on any atom is 0.203 e. The van der Waals surface area contributed by atoms with Crippen molar-refractivity contribution < 1.29 is 4.42 Å². The van der Waals surface area contributed by atoms with Crippen molar-refractivity contribution in [1.82, 2.24) is 9.55 Å². The summed E-state index contributed by atoms with van der Waals surface area (Å²) >= 11 is 6.10. The Morgan fingerprint density at radius 3 is 2.75 bits per heavy atom. The van der Waals surface area contributed by atoms with Crippen molar-refractivity contribution >= 4 is 22.6 Å². The number of halogens is 1. The van der Waals surface area contributed by atoms with Gasteiger partial charge in [-0.2, -0.15) is 0 Å². The number of nitrogens with zero attached hydrogens (tertiary/aromatic N) is 2. The third-order valence-electron chi connectivity index (χ3n) is 3.36. The Bertz CT molecular complexity index is 758. The van der Waals surface area contributed by atoms with Gasteiger partial charge in [0.2, 0.25) is 5.22 Å². The maximum absolute atomic E-state index is 6.10. The van der Waals surface area contributed by atoms with Crippen LogP contribution in [0.4, 0.5) is 0 Å². The molecule has 0 aliphatic carbocycles. The molecule has 0 radical (unpaired) electrons. The Kier molecular flexibility index (Phi) is 3.28. The van der Waals surface area contributed by atoms with Crippen LogP contribution in [0.3, 0.4) is 0 Å². The van der Waals surface area contributed by atoms with Gasteiger partial charge in [-0.25, -0.2) is 4.98 Å². The molecule has 0 aliphatic rings. The van der Waals surface area contributed by atoms with E-state index in [1.165, 1.54) is 0 Å². The van der Waals surface area contributed by atoms with Crippen LogP contribution in [-0.2, 0) is 6.54 Å². The minimum absolute atomic E-state index is 0.268. The minimum atomic E-state index is 0.268. The smallest absolute Gasteiger partial charge is 0.203 e. The second kappa shape index (κ2) is 4.96. The normalized spacial score (nSPS) is 11.7. The molecule has 2 heterocycles. The second-order valence-corrected chi connectivity index (χ2v) is 5.38. The molecule has 0 saturated carbocycles. The van der Waals surface area contributed by atoms with Crippen molar-refractivity contribution in [1.29, 1.82) is 0 Å². The second-order valence-electron chi connectivity index (χ2n) is 5.03. The molecule has 3 rings (SSSR count). The average Bonchev–Trinajstić information content (AvgIpc) is 3.00. The van der Waals surface area contributed by atoms with Crippen LogP contribution in [0.2, 0.25) is 5.22 Å². The fourth-order valence-corrected chi connectivity index (χ4v) is 2.64. The van der Waals surface area contributed by atoms with E-state index in [1.807, 2.05) is 18.2 Å². The van der Waals surface area contributed by atoms with Crippen molar-refractivity contribution in [3.8, 4) is 11.4 Å². The van der Waals surface area contributed by atoms with Gasteiger partial charge in [-0.1, -0.05) is 6.07 Å². The Balaban J connectivity index is 2.31. The Labute approximate surface area is 122 Å². The molecular weight excluding hydrogens is 274 g/mol. The van der Waals surface area contributed by atoms with E-state index in [9.17, 15) is 0 Å². The van der Waals surface area contributed by atoms with Gasteiger partial charge < -0.3 is 14.7 Å². The number of aromatic nitrogens is 2. The van der Waals surface area contributed by atoms with E-state index in [-0.39, 0.29) is 6.04 Å². The number of hydrogen-bond donors (Lipinski definition) is 1. The van der Waals surface area contributed by atoms with Crippen LogP contribution in [0.1, 0.15) is 25.5 Å². The molecule has 0 fully saturated rings. The van der Waals surface area contributed by atoms with Gasteiger partial charge >= 0.3 is 0 Å². The molecule has 3 aromatic rings. The molecule has 1 aromatic carbocycles. The summed E-state index contributed by atoms with van der Waals surface area (Å²) in [6.07, 6.45) is 1.58. The van der Waals surface area contributed by atoms with Gasteiger partial charge in [0.15, 0.2) is 0 Å². The molecule has 0 spiro atoms. The van der Waals surface area contributed by atoms with Crippen LogP contribution in [0, 0.1) is 0 Å². The summed E-state index contributed by atoms with van der Waals surface area (Å²) in [6.45, 7) is 4.75. The molecule has 5 heteroatoms. The van der Waals surface area contributed by atoms with Crippen LogP contribution in [0.25, 0.3) is 22.4 Å². The lowest BCUT2D eigenvalue weighted by molar-refractivity contribution is 0.568. The number of furan rings is 1. The van der Waals surface area contributed by atoms with Crippen LogP contribution >= 0.6 is 11.6 Å². The van der Waals surface area contributed by atoms with Crippen molar-refractivity contribution in [2.75, 3.05) is 0 Å². The molecule has 0 amide bonds. The third kappa shape index (κ3) is 2.01. The summed E-state index contributed by atoms with van der Waals surface area (Å²) in [6, 6.07) is 8.22. The lowest BCUT2D eigenvalue weighted by Crippen LogP contribution is -2.03. The molecule has 104 valence electrons. The first-order valence-corrected chi connectivity index (χ1v) is 6.94. The first-order valence-electron chi connectivity index (χ1n) is 6.56. The van der Waals surface area contributed by atoms with Crippen LogP contribution in [-0.4, -0.2) is 9.55 Å². The summed E-state index contributed by atoms with van der Waals surface area (Å²) in [5.74, 6) is 0.822. The summed E-state index contributed by atoms with van der Waals surface area (Å²) in [4.78, 5) is 4.71. The monoisotopic (exact) mass is 289 g/mol. The zero-order chi connectivity index (χ0) is 14.3. The van der Waals surface area contributed by atoms with Crippen LogP contribution in [0.5, 0.6) is 0 Å². The standard InChI is InChI=1S/C15H16ClN3O/c1-9(2)19-13-4-3-10(8-17)7-12(13)18-15(19)11-5-6-20-14(11)16/h3-7,9H,8,17H2,1-2H3.